The molecule has 0 unspecified atom stereocenters. The van der Waals surface area contributed by atoms with Gasteiger partial charge in [0.1, 0.15) is 0 Å². The van der Waals surface area contributed by atoms with Gasteiger partial charge in [0.25, 0.3) is 0 Å². The first-order valence-corrected chi connectivity index (χ1v) is 5.90. The minimum Gasteiger partial charge on any atom is -0.478 e. The molecular formula is C15H9NO4. The number of benzene rings is 1. The van der Waals surface area contributed by atoms with Gasteiger partial charge in [0.15, 0.2) is 11.6 Å². The van der Waals surface area contributed by atoms with Gasteiger partial charge in [-0.15, -0.1) is 0 Å². The van der Waals surface area contributed by atoms with Crippen LogP contribution < -0.4 is 0 Å². The lowest BCUT2D eigenvalue weighted by molar-refractivity contribution is 0.0696. The number of carbonyl (C=O) groups excluding carboxylic acids is 2. The van der Waals surface area contributed by atoms with Gasteiger partial charge in [-0.2, -0.15) is 0 Å². The normalized spacial score (nSPS) is 15.7. The van der Waals surface area contributed by atoms with Crippen LogP contribution in [0.1, 0.15) is 36.8 Å². The van der Waals surface area contributed by atoms with Gasteiger partial charge < -0.3 is 10.1 Å². The Morgan fingerprint density at radius 1 is 1.10 bits per heavy atom. The maximum atomic E-state index is 12.2. The van der Waals surface area contributed by atoms with Crippen LogP contribution in [0.15, 0.2) is 42.1 Å². The monoisotopic (exact) mass is 267 g/mol. The highest BCUT2D eigenvalue weighted by Gasteiger charge is 2.33. The Morgan fingerprint density at radius 2 is 1.85 bits per heavy atom. The predicted molar refractivity (Wildman–Crippen MR) is 70.8 cm³/mol. The number of carboxylic acids is 1. The first kappa shape index (κ1) is 12.1. The molecular weight excluding hydrogens is 258 g/mol. The molecule has 0 saturated carbocycles. The molecule has 0 atom stereocenters. The zero-order valence-corrected chi connectivity index (χ0v) is 10.2. The largest absolute Gasteiger partial charge is 0.478 e. The Kier molecular flexibility index (Phi) is 2.61. The van der Waals surface area contributed by atoms with Crippen LogP contribution >= 0.6 is 0 Å². The molecule has 0 amide bonds. The van der Waals surface area contributed by atoms with Crippen molar-refractivity contribution in [1.29, 1.82) is 0 Å². The molecule has 5 nitrogen and oxygen atoms in total. The fourth-order valence-corrected chi connectivity index (χ4v) is 2.18. The van der Waals surface area contributed by atoms with Gasteiger partial charge in [-0.3, -0.25) is 9.59 Å². The minimum absolute atomic E-state index is 0.00831. The minimum atomic E-state index is -1.13. The third-order valence-electron chi connectivity index (χ3n) is 3.17. The second kappa shape index (κ2) is 4.31. The number of ketones is 2. The number of hydrogen-bond acceptors (Lipinski definition) is 3. The molecule has 2 N–H and O–H groups in total. The van der Waals surface area contributed by atoms with Gasteiger partial charge in [0, 0.05) is 23.0 Å². The average molecular weight is 267 g/mol. The summed E-state index contributed by atoms with van der Waals surface area (Å²) in [5.74, 6) is -1.95. The number of aromatic carboxylic acids is 1. The van der Waals surface area contributed by atoms with Crippen LogP contribution in [0.25, 0.3) is 6.08 Å². The van der Waals surface area contributed by atoms with Crippen molar-refractivity contribution in [3.63, 3.8) is 0 Å². The van der Waals surface area contributed by atoms with E-state index in [2.05, 4.69) is 4.98 Å². The van der Waals surface area contributed by atoms with Gasteiger partial charge in [0.2, 0.25) is 0 Å². The van der Waals surface area contributed by atoms with Crippen molar-refractivity contribution in [3.8, 4) is 0 Å². The maximum Gasteiger partial charge on any atom is 0.335 e. The Morgan fingerprint density at radius 3 is 2.50 bits per heavy atom. The predicted octanol–water partition coefficient (Wildman–Crippen LogP) is 2.18. The molecule has 1 heterocycles. The van der Waals surface area contributed by atoms with Crippen LogP contribution in [0.3, 0.4) is 0 Å². The van der Waals surface area contributed by atoms with Gasteiger partial charge in [-0.25, -0.2) is 4.79 Å². The highest BCUT2D eigenvalue weighted by Crippen LogP contribution is 2.28. The van der Waals surface area contributed by atoms with E-state index in [1.807, 2.05) is 0 Å². The molecule has 0 aliphatic heterocycles. The highest BCUT2D eigenvalue weighted by atomic mass is 16.4. The topological polar surface area (TPSA) is 87.2 Å². The average Bonchev–Trinajstić information content (AvgIpc) is 3.02. The molecule has 1 aromatic heterocycles. The van der Waals surface area contributed by atoms with E-state index in [0.29, 0.717) is 5.69 Å². The molecule has 3 rings (SSSR count). The molecule has 2 aromatic rings. The lowest BCUT2D eigenvalue weighted by atomic mass is 10.1. The number of Topliss-reactive ketones (excluding diaryl/α,β-unsaturated/α-hetero) is 2. The molecule has 0 bridgehead atoms. The van der Waals surface area contributed by atoms with Crippen molar-refractivity contribution in [1.82, 2.24) is 4.98 Å². The first-order chi connectivity index (χ1) is 9.58. The Bertz CT molecular complexity index is 769. The number of aromatic amines is 1. The van der Waals surface area contributed by atoms with E-state index >= 15 is 0 Å². The Balaban J connectivity index is 2.10. The number of H-pyrrole nitrogens is 1. The quantitative estimate of drug-likeness (QED) is 0.644. The van der Waals surface area contributed by atoms with Crippen molar-refractivity contribution in [2.24, 2.45) is 0 Å². The van der Waals surface area contributed by atoms with Gasteiger partial charge in [-0.1, -0.05) is 0 Å². The molecule has 0 saturated heterocycles. The highest BCUT2D eigenvalue weighted by molar-refractivity contribution is 6.41. The number of nitrogens with one attached hydrogen (secondary N) is 1. The third kappa shape index (κ3) is 1.76. The number of allylic oxidation sites excluding steroid dienone is 1. The number of carbonyl (C=O) groups is 3. The molecule has 1 aliphatic rings. The van der Waals surface area contributed by atoms with Crippen molar-refractivity contribution in [2.75, 3.05) is 0 Å². The number of fused-ring (bicyclic) bond motifs is 1. The summed E-state index contributed by atoms with van der Waals surface area (Å²) in [6.45, 7) is 0. The summed E-state index contributed by atoms with van der Waals surface area (Å²) in [6, 6.07) is 7.44. The van der Waals surface area contributed by atoms with Crippen LogP contribution in [0.2, 0.25) is 0 Å². The van der Waals surface area contributed by atoms with Crippen LogP contribution in [0.5, 0.6) is 0 Å². The molecule has 0 radical (unpaired) electrons. The van der Waals surface area contributed by atoms with Crippen molar-refractivity contribution < 1.29 is 19.5 Å². The molecule has 20 heavy (non-hydrogen) atoms. The van der Waals surface area contributed by atoms with Gasteiger partial charge >= 0.3 is 5.97 Å². The summed E-state index contributed by atoms with van der Waals surface area (Å²) in [5.41, 5.74) is 1.08. The summed E-state index contributed by atoms with van der Waals surface area (Å²) < 4.78 is 0. The van der Waals surface area contributed by atoms with Crippen LogP contribution in [0.4, 0.5) is 0 Å². The second-order valence-electron chi connectivity index (χ2n) is 4.41. The molecule has 5 heteroatoms. The number of rotatable bonds is 2. The third-order valence-corrected chi connectivity index (χ3v) is 3.17. The number of carboxylic acid groups (broad SMARTS) is 1. The van der Waals surface area contributed by atoms with E-state index in [1.165, 1.54) is 24.3 Å². The molecule has 0 fully saturated rings. The van der Waals surface area contributed by atoms with Crippen LogP contribution in [0, 0.1) is 0 Å². The first-order valence-electron chi connectivity index (χ1n) is 5.90. The van der Waals surface area contributed by atoms with Crippen LogP contribution in [-0.4, -0.2) is 27.6 Å². The zero-order valence-electron chi connectivity index (χ0n) is 10.2. The maximum absolute atomic E-state index is 12.2. The molecule has 98 valence electrons. The fraction of sp³-hybridized carbons (Fsp3) is 0. The summed E-state index contributed by atoms with van der Waals surface area (Å²) in [6.07, 6.45) is 3.16. The van der Waals surface area contributed by atoms with Crippen molar-refractivity contribution in [2.45, 2.75) is 0 Å². The molecule has 1 aromatic carbocycles. The van der Waals surface area contributed by atoms with E-state index in [9.17, 15) is 14.4 Å². The van der Waals surface area contributed by atoms with Gasteiger partial charge in [0.05, 0.1) is 11.1 Å². The summed E-state index contributed by atoms with van der Waals surface area (Å²) in [5, 5.41) is 8.93. The SMILES string of the molecule is O=C(O)c1ccc2c(c1)C(=O)/C(=C/c1ccc[nH]1)C2=O. The van der Waals surface area contributed by atoms with Crippen molar-refractivity contribution >= 4 is 23.6 Å². The van der Waals surface area contributed by atoms with Crippen LogP contribution in [-0.2, 0) is 0 Å². The lowest BCUT2D eigenvalue weighted by Crippen LogP contribution is -2.01. The Hall–Kier alpha value is -2.95. The fourth-order valence-electron chi connectivity index (χ4n) is 2.18. The van der Waals surface area contributed by atoms with E-state index in [-0.39, 0.29) is 28.0 Å². The van der Waals surface area contributed by atoms with Crippen molar-refractivity contribution in [3.05, 3.63) is 64.5 Å². The lowest BCUT2D eigenvalue weighted by Gasteiger charge is -1.97. The second-order valence-corrected chi connectivity index (χ2v) is 4.41. The van der Waals surface area contributed by atoms with E-state index in [4.69, 9.17) is 5.11 Å². The van der Waals surface area contributed by atoms with E-state index < -0.39 is 11.8 Å². The Labute approximate surface area is 113 Å². The summed E-state index contributed by atoms with van der Waals surface area (Å²) in [7, 11) is 0. The van der Waals surface area contributed by atoms with E-state index in [0.717, 1.165) is 0 Å². The van der Waals surface area contributed by atoms with Gasteiger partial charge in [-0.05, 0) is 36.4 Å². The smallest absolute Gasteiger partial charge is 0.335 e. The standard InChI is InChI=1S/C15H9NO4/c17-13-10-4-3-8(15(19)20)6-11(10)14(18)12(13)7-9-2-1-5-16-9/h1-7,16H,(H,19,20)/b12-7+. The molecule has 1 aliphatic carbocycles. The summed E-state index contributed by atoms with van der Waals surface area (Å²) in [4.78, 5) is 38.2. The zero-order chi connectivity index (χ0) is 14.3. The van der Waals surface area contributed by atoms with E-state index in [1.54, 1.807) is 18.3 Å². The summed E-state index contributed by atoms with van der Waals surface area (Å²) >= 11 is 0. The molecule has 0 spiro atoms. The number of aromatic nitrogens is 1. The number of hydrogen-bond donors (Lipinski definition) is 2.